The van der Waals surface area contributed by atoms with Gasteiger partial charge >= 0.3 is 0 Å². The fraction of sp³-hybridized carbons (Fsp3) is 0.300. The summed E-state index contributed by atoms with van der Waals surface area (Å²) in [7, 11) is 0. The van der Waals surface area contributed by atoms with E-state index >= 15 is 0 Å². The lowest BCUT2D eigenvalue weighted by molar-refractivity contribution is -0.111. The molecule has 0 aliphatic carbocycles. The van der Waals surface area contributed by atoms with E-state index in [4.69, 9.17) is 5.73 Å². The highest BCUT2D eigenvalue weighted by Gasteiger charge is 2.12. The maximum atomic E-state index is 10.4. The molecule has 0 aliphatic heterocycles. The molecule has 0 radical (unpaired) electrons. The molecule has 1 rings (SSSR count). The molecule has 0 aromatic heterocycles. The normalized spacial score (nSPS) is 15.2. The van der Waals surface area contributed by atoms with E-state index in [0.717, 1.165) is 11.8 Å². The largest absolute Gasteiger partial charge is 0.323 e. The van der Waals surface area contributed by atoms with Crippen LogP contribution in [0.15, 0.2) is 30.3 Å². The van der Waals surface area contributed by atoms with E-state index in [9.17, 15) is 4.79 Å². The number of hydrogen-bond acceptors (Lipinski definition) is 2. The summed E-state index contributed by atoms with van der Waals surface area (Å²) in [5, 5.41) is 0. The van der Waals surface area contributed by atoms with Crippen LogP contribution in [0.3, 0.4) is 0 Å². The Kier molecular flexibility index (Phi) is 3.00. The minimum Gasteiger partial charge on any atom is -0.323 e. The molecule has 0 saturated carbocycles. The van der Waals surface area contributed by atoms with E-state index in [2.05, 4.69) is 0 Å². The molecule has 0 saturated heterocycles. The highest BCUT2D eigenvalue weighted by atomic mass is 16.1. The number of rotatable bonds is 3. The first-order valence-electron chi connectivity index (χ1n) is 4.01. The summed E-state index contributed by atoms with van der Waals surface area (Å²) in [6.45, 7) is 1.82. The van der Waals surface area contributed by atoms with Crippen molar-refractivity contribution >= 4 is 6.29 Å². The lowest BCUT2D eigenvalue weighted by Crippen LogP contribution is -2.19. The Morgan fingerprint density at radius 1 is 1.33 bits per heavy atom. The van der Waals surface area contributed by atoms with Gasteiger partial charge in [0.25, 0.3) is 0 Å². The summed E-state index contributed by atoms with van der Waals surface area (Å²) in [6.07, 6.45) is 0.887. The molecule has 0 aliphatic rings. The fourth-order valence-corrected chi connectivity index (χ4v) is 1.06. The van der Waals surface area contributed by atoms with E-state index in [1.54, 1.807) is 0 Å². The van der Waals surface area contributed by atoms with E-state index in [0.29, 0.717) is 0 Å². The maximum absolute atomic E-state index is 10.4. The van der Waals surface area contributed by atoms with Gasteiger partial charge in [0, 0.05) is 12.0 Å². The molecular weight excluding hydrogens is 150 g/mol. The monoisotopic (exact) mass is 163 g/mol. The highest BCUT2D eigenvalue weighted by molar-refractivity contribution is 5.54. The topological polar surface area (TPSA) is 43.1 Å². The molecule has 2 heteroatoms. The van der Waals surface area contributed by atoms with E-state index in [1.165, 1.54) is 0 Å². The van der Waals surface area contributed by atoms with Gasteiger partial charge in [-0.1, -0.05) is 37.3 Å². The van der Waals surface area contributed by atoms with Crippen LogP contribution in [0.5, 0.6) is 0 Å². The molecule has 0 spiro atoms. The first-order chi connectivity index (χ1) is 5.75. The van der Waals surface area contributed by atoms with Gasteiger partial charge in [0.1, 0.15) is 6.29 Å². The van der Waals surface area contributed by atoms with Crippen molar-refractivity contribution in [3.63, 3.8) is 0 Å². The molecule has 2 nitrogen and oxygen atoms in total. The van der Waals surface area contributed by atoms with Crippen LogP contribution in [0.25, 0.3) is 0 Å². The van der Waals surface area contributed by atoms with Gasteiger partial charge < -0.3 is 10.5 Å². The second-order valence-corrected chi connectivity index (χ2v) is 2.93. The summed E-state index contributed by atoms with van der Waals surface area (Å²) in [5.74, 6) is -0.118. The molecule has 2 N–H and O–H groups in total. The third kappa shape index (κ3) is 1.92. The Hall–Kier alpha value is -1.15. The number of nitrogens with two attached hydrogens (primary N) is 1. The van der Waals surface area contributed by atoms with Crippen molar-refractivity contribution < 1.29 is 4.79 Å². The van der Waals surface area contributed by atoms with Gasteiger partial charge in [-0.25, -0.2) is 0 Å². The number of benzene rings is 1. The fourth-order valence-electron chi connectivity index (χ4n) is 1.06. The van der Waals surface area contributed by atoms with Crippen LogP contribution in [0.4, 0.5) is 0 Å². The molecule has 1 aromatic rings. The van der Waals surface area contributed by atoms with Crippen LogP contribution in [0, 0.1) is 5.92 Å². The molecule has 1 aromatic carbocycles. The average Bonchev–Trinajstić information content (AvgIpc) is 2.17. The second kappa shape index (κ2) is 4.02. The molecule has 0 bridgehead atoms. The highest BCUT2D eigenvalue weighted by Crippen LogP contribution is 2.16. The number of aldehydes is 1. The van der Waals surface area contributed by atoms with E-state index < -0.39 is 0 Å². The Bertz CT molecular complexity index is 245. The molecule has 2 atom stereocenters. The molecule has 64 valence electrons. The zero-order valence-electron chi connectivity index (χ0n) is 7.10. The molecule has 0 fully saturated rings. The van der Waals surface area contributed by atoms with Crippen molar-refractivity contribution in [3.8, 4) is 0 Å². The minimum absolute atomic E-state index is 0.118. The quantitative estimate of drug-likeness (QED) is 0.686. The Morgan fingerprint density at radius 2 is 1.92 bits per heavy atom. The molecular formula is C10H13NO. The van der Waals surface area contributed by atoms with Crippen molar-refractivity contribution in [1.29, 1.82) is 0 Å². The third-order valence-electron chi connectivity index (χ3n) is 1.97. The summed E-state index contributed by atoms with van der Waals surface area (Å²) < 4.78 is 0. The minimum atomic E-state index is -0.177. The van der Waals surface area contributed by atoms with E-state index in [1.807, 2.05) is 37.3 Å². The summed E-state index contributed by atoms with van der Waals surface area (Å²) >= 11 is 0. The Balaban J connectivity index is 2.78. The van der Waals surface area contributed by atoms with Crippen molar-refractivity contribution in [2.24, 2.45) is 11.7 Å². The van der Waals surface area contributed by atoms with Gasteiger partial charge in [-0.15, -0.1) is 0 Å². The van der Waals surface area contributed by atoms with Crippen molar-refractivity contribution in [1.82, 2.24) is 0 Å². The van der Waals surface area contributed by atoms with Gasteiger partial charge in [0.05, 0.1) is 0 Å². The van der Waals surface area contributed by atoms with Crippen LogP contribution >= 0.6 is 0 Å². The smallest absolute Gasteiger partial charge is 0.124 e. The maximum Gasteiger partial charge on any atom is 0.124 e. The van der Waals surface area contributed by atoms with Crippen LogP contribution in [0.2, 0.25) is 0 Å². The average molecular weight is 163 g/mol. The predicted octanol–water partition coefficient (Wildman–Crippen LogP) is 1.52. The van der Waals surface area contributed by atoms with Gasteiger partial charge in [0.2, 0.25) is 0 Å². The zero-order chi connectivity index (χ0) is 8.97. The first-order valence-corrected chi connectivity index (χ1v) is 4.01. The molecule has 0 heterocycles. The third-order valence-corrected chi connectivity index (χ3v) is 1.97. The second-order valence-electron chi connectivity index (χ2n) is 2.93. The van der Waals surface area contributed by atoms with Crippen molar-refractivity contribution in [3.05, 3.63) is 35.9 Å². The number of carbonyl (C=O) groups is 1. The lowest BCUT2D eigenvalue weighted by Gasteiger charge is -2.14. The number of hydrogen-bond donors (Lipinski definition) is 1. The first kappa shape index (κ1) is 8.94. The molecule has 0 amide bonds. The summed E-state index contributed by atoms with van der Waals surface area (Å²) in [4.78, 5) is 10.4. The Labute approximate surface area is 72.4 Å². The van der Waals surface area contributed by atoms with Crippen LogP contribution < -0.4 is 5.73 Å². The van der Waals surface area contributed by atoms with Gasteiger partial charge in [-0.3, -0.25) is 0 Å². The van der Waals surface area contributed by atoms with Gasteiger partial charge in [-0.05, 0) is 5.56 Å². The molecule has 12 heavy (non-hydrogen) atoms. The summed E-state index contributed by atoms with van der Waals surface area (Å²) in [5.41, 5.74) is 6.83. The van der Waals surface area contributed by atoms with Crippen LogP contribution in [-0.4, -0.2) is 6.29 Å². The Morgan fingerprint density at radius 3 is 2.42 bits per heavy atom. The van der Waals surface area contributed by atoms with Crippen LogP contribution in [-0.2, 0) is 4.79 Å². The van der Waals surface area contributed by atoms with Gasteiger partial charge in [0.15, 0.2) is 0 Å². The predicted molar refractivity (Wildman–Crippen MR) is 48.6 cm³/mol. The van der Waals surface area contributed by atoms with Gasteiger partial charge in [-0.2, -0.15) is 0 Å². The summed E-state index contributed by atoms with van der Waals surface area (Å²) in [6, 6.07) is 9.47. The lowest BCUT2D eigenvalue weighted by atomic mass is 9.97. The zero-order valence-corrected chi connectivity index (χ0v) is 7.10. The van der Waals surface area contributed by atoms with Crippen molar-refractivity contribution in [2.75, 3.05) is 0 Å². The standard InChI is InChI=1S/C10H13NO/c1-8(7-12)10(11)9-5-3-2-4-6-9/h2-8,10H,11H2,1H3. The SMILES string of the molecule is CC(C=O)C(N)c1ccccc1. The van der Waals surface area contributed by atoms with Crippen molar-refractivity contribution in [2.45, 2.75) is 13.0 Å². The number of carbonyl (C=O) groups excluding carboxylic acids is 1. The molecule has 2 unspecified atom stereocenters. The van der Waals surface area contributed by atoms with E-state index in [-0.39, 0.29) is 12.0 Å². The van der Waals surface area contributed by atoms with Crippen LogP contribution in [0.1, 0.15) is 18.5 Å².